The second-order valence-corrected chi connectivity index (χ2v) is 5.03. The highest BCUT2D eigenvalue weighted by Crippen LogP contribution is 2.11. The van der Waals surface area contributed by atoms with Crippen molar-refractivity contribution in [2.24, 2.45) is 0 Å². The first kappa shape index (κ1) is 11.8. The number of aromatic nitrogens is 1. The molecule has 0 spiro atoms. The van der Waals surface area contributed by atoms with Crippen LogP contribution in [0.15, 0.2) is 17.0 Å². The number of rotatable bonds is 5. The van der Waals surface area contributed by atoms with Gasteiger partial charge >= 0.3 is 0 Å². The van der Waals surface area contributed by atoms with E-state index in [1.807, 2.05) is 6.92 Å². The number of aryl methyl sites for hydroxylation is 1. The Balaban J connectivity index is 1.63. The summed E-state index contributed by atoms with van der Waals surface area (Å²) < 4.78 is 5.27. The molecule has 4 heteroatoms. The molecule has 1 aromatic heterocycles. The van der Waals surface area contributed by atoms with Gasteiger partial charge in [0.15, 0.2) is 0 Å². The largest absolute Gasteiger partial charge is 0.377 e. The average molecular weight is 238 g/mol. The van der Waals surface area contributed by atoms with Crippen molar-refractivity contribution in [2.75, 3.05) is 19.8 Å². The number of nitrogens with one attached hydrogen (secondary N) is 1. The molecular formula is C12H18N2OS. The monoisotopic (exact) mass is 238 g/mol. The Kier molecular flexibility index (Phi) is 4.51. The highest BCUT2D eigenvalue weighted by molar-refractivity contribution is 7.09. The zero-order valence-corrected chi connectivity index (χ0v) is 10.5. The molecule has 0 aromatic carbocycles. The van der Waals surface area contributed by atoms with Gasteiger partial charge in [-0.25, -0.2) is 4.98 Å². The molecule has 1 aromatic rings. The molecule has 0 amide bonds. The lowest BCUT2D eigenvalue weighted by atomic mass is 10.1. The van der Waals surface area contributed by atoms with Crippen molar-refractivity contribution >= 4 is 11.3 Å². The molecule has 0 unspecified atom stereocenters. The van der Waals surface area contributed by atoms with Gasteiger partial charge in [-0.1, -0.05) is 11.6 Å². The molecule has 88 valence electrons. The van der Waals surface area contributed by atoms with Crippen LogP contribution in [0.2, 0.25) is 0 Å². The quantitative estimate of drug-likeness (QED) is 0.631. The molecule has 1 aliphatic heterocycles. The van der Waals surface area contributed by atoms with Gasteiger partial charge in [0.25, 0.3) is 0 Å². The van der Waals surface area contributed by atoms with Crippen LogP contribution >= 0.6 is 11.3 Å². The average Bonchev–Trinajstić information content (AvgIpc) is 2.72. The normalized spacial score (nSPS) is 16.2. The van der Waals surface area contributed by atoms with E-state index in [1.165, 1.54) is 5.57 Å². The van der Waals surface area contributed by atoms with E-state index in [9.17, 15) is 0 Å². The van der Waals surface area contributed by atoms with Crippen LogP contribution in [0.5, 0.6) is 0 Å². The highest BCUT2D eigenvalue weighted by atomic mass is 32.1. The maximum Gasteiger partial charge on any atom is 0.0897 e. The predicted octanol–water partition coefficient (Wildman–Crippen LogP) is 2.28. The zero-order valence-electron chi connectivity index (χ0n) is 9.66. The van der Waals surface area contributed by atoms with Crippen LogP contribution in [0, 0.1) is 6.92 Å². The third kappa shape index (κ3) is 3.70. The first-order valence-corrected chi connectivity index (χ1v) is 6.60. The third-order valence-corrected chi connectivity index (χ3v) is 3.48. The molecule has 3 nitrogen and oxygen atoms in total. The van der Waals surface area contributed by atoms with Gasteiger partial charge in [0, 0.05) is 11.9 Å². The first-order chi connectivity index (χ1) is 7.84. The molecule has 0 saturated heterocycles. The smallest absolute Gasteiger partial charge is 0.0897 e. The maximum atomic E-state index is 5.27. The Hall–Kier alpha value is -0.710. The van der Waals surface area contributed by atoms with E-state index >= 15 is 0 Å². The molecule has 0 aliphatic carbocycles. The number of thiazole rings is 1. The molecule has 0 radical (unpaired) electrons. The van der Waals surface area contributed by atoms with Gasteiger partial charge in [0.2, 0.25) is 0 Å². The van der Waals surface area contributed by atoms with Crippen LogP contribution in [-0.2, 0) is 11.3 Å². The molecule has 16 heavy (non-hydrogen) atoms. The van der Waals surface area contributed by atoms with E-state index in [0.717, 1.165) is 49.8 Å². The minimum absolute atomic E-state index is 0.792. The number of nitrogens with zero attached hydrogens (tertiary/aromatic N) is 1. The van der Waals surface area contributed by atoms with E-state index in [0.29, 0.717) is 0 Å². The van der Waals surface area contributed by atoms with Crippen LogP contribution in [0.25, 0.3) is 0 Å². The molecule has 0 bridgehead atoms. The van der Waals surface area contributed by atoms with Gasteiger partial charge in [-0.2, -0.15) is 0 Å². The fourth-order valence-electron chi connectivity index (χ4n) is 1.75. The summed E-state index contributed by atoms with van der Waals surface area (Å²) in [6, 6.07) is 0. The highest BCUT2D eigenvalue weighted by Gasteiger charge is 2.03. The van der Waals surface area contributed by atoms with Crippen LogP contribution in [0.1, 0.15) is 23.5 Å². The van der Waals surface area contributed by atoms with Crippen molar-refractivity contribution < 1.29 is 4.74 Å². The second-order valence-electron chi connectivity index (χ2n) is 3.97. The molecule has 2 rings (SSSR count). The molecule has 0 saturated carbocycles. The van der Waals surface area contributed by atoms with Crippen molar-refractivity contribution in [3.63, 3.8) is 0 Å². The lowest BCUT2D eigenvalue weighted by molar-refractivity contribution is 0.153. The summed E-state index contributed by atoms with van der Waals surface area (Å²) in [7, 11) is 0. The van der Waals surface area contributed by atoms with E-state index in [1.54, 1.807) is 11.3 Å². The SMILES string of the molecule is Cc1nc(CNCCC2=CCOCC2)cs1. The van der Waals surface area contributed by atoms with Crippen molar-refractivity contribution in [2.45, 2.75) is 26.3 Å². The molecule has 1 N–H and O–H groups in total. The molecular weight excluding hydrogens is 220 g/mol. The van der Waals surface area contributed by atoms with Gasteiger partial charge < -0.3 is 10.1 Å². The lowest BCUT2D eigenvalue weighted by Crippen LogP contribution is -2.17. The summed E-state index contributed by atoms with van der Waals surface area (Å²) in [4.78, 5) is 4.42. The molecule has 1 aliphatic rings. The fourth-order valence-corrected chi connectivity index (χ4v) is 2.36. The van der Waals surface area contributed by atoms with Crippen molar-refractivity contribution in [1.82, 2.24) is 10.3 Å². The Morgan fingerprint density at radius 2 is 2.50 bits per heavy atom. The Labute approximate surface area is 101 Å². The number of hydrogen-bond acceptors (Lipinski definition) is 4. The Morgan fingerprint density at radius 1 is 1.56 bits per heavy atom. The van der Waals surface area contributed by atoms with Crippen LogP contribution in [0.4, 0.5) is 0 Å². The van der Waals surface area contributed by atoms with E-state index in [2.05, 4.69) is 21.8 Å². The Morgan fingerprint density at radius 3 is 3.19 bits per heavy atom. The van der Waals surface area contributed by atoms with E-state index in [-0.39, 0.29) is 0 Å². The Bertz CT molecular complexity index is 360. The zero-order chi connectivity index (χ0) is 11.2. The summed E-state index contributed by atoms with van der Waals surface area (Å²) >= 11 is 1.71. The van der Waals surface area contributed by atoms with E-state index < -0.39 is 0 Å². The molecule has 0 fully saturated rings. The lowest BCUT2D eigenvalue weighted by Gasteiger charge is -2.13. The minimum Gasteiger partial charge on any atom is -0.377 e. The topological polar surface area (TPSA) is 34.2 Å². The summed E-state index contributed by atoms with van der Waals surface area (Å²) in [6.45, 7) is 5.63. The maximum absolute atomic E-state index is 5.27. The van der Waals surface area contributed by atoms with Crippen molar-refractivity contribution in [3.8, 4) is 0 Å². The van der Waals surface area contributed by atoms with Crippen LogP contribution < -0.4 is 5.32 Å². The van der Waals surface area contributed by atoms with Gasteiger partial charge in [-0.15, -0.1) is 11.3 Å². The van der Waals surface area contributed by atoms with Gasteiger partial charge in [-0.3, -0.25) is 0 Å². The number of hydrogen-bond donors (Lipinski definition) is 1. The fraction of sp³-hybridized carbons (Fsp3) is 0.583. The summed E-state index contributed by atoms with van der Waals surface area (Å²) in [5.41, 5.74) is 2.68. The first-order valence-electron chi connectivity index (χ1n) is 5.72. The van der Waals surface area contributed by atoms with Gasteiger partial charge in [0.1, 0.15) is 0 Å². The van der Waals surface area contributed by atoms with Gasteiger partial charge in [-0.05, 0) is 26.3 Å². The van der Waals surface area contributed by atoms with Crippen LogP contribution in [-0.4, -0.2) is 24.7 Å². The minimum atomic E-state index is 0.792. The van der Waals surface area contributed by atoms with Crippen LogP contribution in [0.3, 0.4) is 0 Å². The molecule has 2 heterocycles. The summed E-state index contributed by atoms with van der Waals surface area (Å²) in [5, 5.41) is 6.69. The predicted molar refractivity (Wildman–Crippen MR) is 66.7 cm³/mol. The second kappa shape index (κ2) is 6.13. The summed E-state index contributed by atoms with van der Waals surface area (Å²) in [6.07, 6.45) is 4.43. The third-order valence-electron chi connectivity index (χ3n) is 2.65. The van der Waals surface area contributed by atoms with Gasteiger partial charge in [0.05, 0.1) is 23.9 Å². The van der Waals surface area contributed by atoms with Crippen molar-refractivity contribution in [3.05, 3.63) is 27.7 Å². The summed E-state index contributed by atoms with van der Waals surface area (Å²) in [5.74, 6) is 0. The van der Waals surface area contributed by atoms with Crippen molar-refractivity contribution in [1.29, 1.82) is 0 Å². The van der Waals surface area contributed by atoms with E-state index in [4.69, 9.17) is 4.74 Å². The molecule has 0 atom stereocenters. The standard InChI is InChI=1S/C12H18N2OS/c1-10-14-12(9-16-10)8-13-5-2-11-3-6-15-7-4-11/h3,9,13H,2,4-8H2,1H3. The number of ether oxygens (including phenoxy) is 1.